The lowest BCUT2D eigenvalue weighted by molar-refractivity contribution is -0.113. The number of rotatable bonds is 4. The predicted molar refractivity (Wildman–Crippen MR) is 99.2 cm³/mol. The SMILES string of the molecule is COC(=O)N1CCc2nc(NC(=O)CSc3ccc(C)cc3)sc2C1. The molecule has 8 heteroatoms. The van der Waals surface area contributed by atoms with Gasteiger partial charge in [-0.05, 0) is 19.1 Å². The van der Waals surface area contributed by atoms with Gasteiger partial charge in [-0.2, -0.15) is 0 Å². The van der Waals surface area contributed by atoms with Gasteiger partial charge < -0.3 is 15.0 Å². The molecule has 0 bridgehead atoms. The Morgan fingerprint density at radius 3 is 2.84 bits per heavy atom. The Bertz CT molecular complexity index is 774. The van der Waals surface area contributed by atoms with E-state index in [1.807, 2.05) is 31.2 Å². The molecule has 0 atom stereocenters. The number of amides is 2. The smallest absolute Gasteiger partial charge is 0.409 e. The number of hydrogen-bond donors (Lipinski definition) is 1. The molecule has 0 saturated carbocycles. The minimum atomic E-state index is -0.334. The van der Waals surface area contributed by atoms with Gasteiger partial charge in [0.1, 0.15) is 0 Å². The van der Waals surface area contributed by atoms with Crippen LogP contribution in [0.3, 0.4) is 0 Å². The molecule has 0 fully saturated rings. The van der Waals surface area contributed by atoms with E-state index in [1.54, 1.807) is 4.90 Å². The van der Waals surface area contributed by atoms with Crippen LogP contribution in [0.4, 0.5) is 9.93 Å². The molecule has 25 heavy (non-hydrogen) atoms. The lowest BCUT2D eigenvalue weighted by atomic mass is 10.2. The van der Waals surface area contributed by atoms with E-state index in [0.717, 1.165) is 15.5 Å². The molecule has 1 aromatic carbocycles. The molecule has 1 N–H and O–H groups in total. The Hall–Kier alpha value is -2.06. The van der Waals surface area contributed by atoms with Crippen LogP contribution in [0.15, 0.2) is 29.2 Å². The average molecular weight is 377 g/mol. The van der Waals surface area contributed by atoms with Crippen LogP contribution in [0.5, 0.6) is 0 Å². The maximum absolute atomic E-state index is 12.1. The van der Waals surface area contributed by atoms with Crippen molar-refractivity contribution in [3.05, 3.63) is 40.4 Å². The van der Waals surface area contributed by atoms with E-state index in [0.29, 0.717) is 30.4 Å². The third-order valence-electron chi connectivity index (χ3n) is 3.80. The van der Waals surface area contributed by atoms with Crippen LogP contribution < -0.4 is 5.32 Å². The van der Waals surface area contributed by atoms with Gasteiger partial charge in [0, 0.05) is 22.7 Å². The van der Waals surface area contributed by atoms with Crippen molar-refractivity contribution >= 4 is 40.2 Å². The van der Waals surface area contributed by atoms with Crippen molar-refractivity contribution in [3.63, 3.8) is 0 Å². The van der Waals surface area contributed by atoms with Gasteiger partial charge >= 0.3 is 6.09 Å². The van der Waals surface area contributed by atoms with E-state index in [9.17, 15) is 9.59 Å². The number of fused-ring (bicyclic) bond motifs is 1. The van der Waals surface area contributed by atoms with E-state index in [4.69, 9.17) is 4.74 Å². The van der Waals surface area contributed by atoms with Crippen molar-refractivity contribution in [2.75, 3.05) is 24.7 Å². The van der Waals surface area contributed by atoms with E-state index in [-0.39, 0.29) is 12.0 Å². The highest BCUT2D eigenvalue weighted by Gasteiger charge is 2.24. The molecule has 1 aliphatic heterocycles. The number of anilines is 1. The monoisotopic (exact) mass is 377 g/mol. The van der Waals surface area contributed by atoms with Gasteiger partial charge in [0.2, 0.25) is 5.91 Å². The van der Waals surface area contributed by atoms with E-state index >= 15 is 0 Å². The van der Waals surface area contributed by atoms with Crippen LogP contribution in [0, 0.1) is 6.92 Å². The van der Waals surface area contributed by atoms with Crippen LogP contribution in [-0.4, -0.2) is 41.3 Å². The molecule has 6 nitrogen and oxygen atoms in total. The summed E-state index contributed by atoms with van der Waals surface area (Å²) in [6.07, 6.45) is 0.341. The molecule has 2 heterocycles. The molecule has 1 aromatic heterocycles. The molecule has 2 amide bonds. The fourth-order valence-electron chi connectivity index (χ4n) is 2.47. The number of ether oxygens (including phenoxy) is 1. The summed E-state index contributed by atoms with van der Waals surface area (Å²) in [6.45, 7) is 3.10. The minimum Gasteiger partial charge on any atom is -0.453 e. The maximum atomic E-state index is 12.1. The number of thioether (sulfide) groups is 1. The summed E-state index contributed by atoms with van der Waals surface area (Å²) in [5, 5.41) is 3.44. The molecule has 3 rings (SSSR count). The van der Waals surface area contributed by atoms with Crippen molar-refractivity contribution < 1.29 is 14.3 Å². The molecule has 0 spiro atoms. The highest BCUT2D eigenvalue weighted by Crippen LogP contribution is 2.29. The lowest BCUT2D eigenvalue weighted by Gasteiger charge is -2.24. The van der Waals surface area contributed by atoms with Crippen molar-refractivity contribution in [2.24, 2.45) is 0 Å². The van der Waals surface area contributed by atoms with Crippen LogP contribution in [0.1, 0.15) is 16.1 Å². The summed E-state index contributed by atoms with van der Waals surface area (Å²) in [4.78, 5) is 31.9. The van der Waals surface area contributed by atoms with E-state index in [2.05, 4.69) is 10.3 Å². The van der Waals surface area contributed by atoms with E-state index < -0.39 is 0 Å². The Kier molecular flexibility index (Phi) is 5.60. The zero-order valence-electron chi connectivity index (χ0n) is 14.1. The zero-order chi connectivity index (χ0) is 17.8. The van der Waals surface area contributed by atoms with Gasteiger partial charge in [0.25, 0.3) is 0 Å². The summed E-state index contributed by atoms with van der Waals surface area (Å²) < 4.78 is 4.76. The van der Waals surface area contributed by atoms with Gasteiger partial charge in [0.05, 0.1) is 25.1 Å². The predicted octanol–water partition coefficient (Wildman–Crippen LogP) is 3.31. The first-order valence-electron chi connectivity index (χ1n) is 7.86. The summed E-state index contributed by atoms with van der Waals surface area (Å²) in [5.74, 6) is 0.253. The van der Waals surface area contributed by atoms with Gasteiger partial charge in [-0.15, -0.1) is 11.8 Å². The summed E-state index contributed by atoms with van der Waals surface area (Å²) in [7, 11) is 1.38. The largest absolute Gasteiger partial charge is 0.453 e. The van der Waals surface area contributed by atoms with Crippen LogP contribution in [-0.2, 0) is 22.5 Å². The van der Waals surface area contributed by atoms with Crippen molar-refractivity contribution in [1.82, 2.24) is 9.88 Å². The second-order valence-electron chi connectivity index (χ2n) is 5.68. The van der Waals surface area contributed by atoms with Gasteiger partial charge in [-0.1, -0.05) is 29.0 Å². The Morgan fingerprint density at radius 2 is 2.12 bits per heavy atom. The number of carbonyl (C=O) groups is 2. The zero-order valence-corrected chi connectivity index (χ0v) is 15.7. The summed E-state index contributed by atoms with van der Waals surface area (Å²) in [5.41, 5.74) is 2.15. The van der Waals surface area contributed by atoms with Gasteiger partial charge in [-0.25, -0.2) is 9.78 Å². The second kappa shape index (κ2) is 7.88. The fraction of sp³-hybridized carbons (Fsp3) is 0.353. The number of aryl methyl sites for hydroxylation is 1. The highest BCUT2D eigenvalue weighted by atomic mass is 32.2. The molecule has 0 aliphatic carbocycles. The van der Waals surface area contributed by atoms with Gasteiger partial charge in [-0.3, -0.25) is 4.79 Å². The molecule has 0 unspecified atom stereocenters. The minimum absolute atomic E-state index is 0.0819. The Labute approximate surface area is 154 Å². The number of carbonyl (C=O) groups excluding carboxylic acids is 2. The fourth-order valence-corrected chi connectivity index (χ4v) is 4.21. The first-order chi connectivity index (χ1) is 12.0. The normalized spacial score (nSPS) is 13.3. The van der Waals surface area contributed by atoms with E-state index in [1.165, 1.54) is 35.8 Å². The molecular weight excluding hydrogens is 358 g/mol. The number of nitrogens with one attached hydrogen (secondary N) is 1. The highest BCUT2D eigenvalue weighted by molar-refractivity contribution is 8.00. The first kappa shape index (κ1) is 17.8. The Morgan fingerprint density at radius 1 is 1.36 bits per heavy atom. The number of benzene rings is 1. The topological polar surface area (TPSA) is 71.5 Å². The quantitative estimate of drug-likeness (QED) is 0.828. The first-order valence-corrected chi connectivity index (χ1v) is 9.66. The molecule has 0 saturated heterocycles. The summed E-state index contributed by atoms with van der Waals surface area (Å²) in [6, 6.07) is 8.08. The average Bonchev–Trinajstić information content (AvgIpc) is 3.01. The van der Waals surface area contributed by atoms with Crippen molar-refractivity contribution in [3.8, 4) is 0 Å². The lowest BCUT2D eigenvalue weighted by Crippen LogP contribution is -2.35. The summed E-state index contributed by atoms with van der Waals surface area (Å²) >= 11 is 2.91. The molecule has 2 aromatic rings. The second-order valence-corrected chi connectivity index (χ2v) is 7.81. The molecule has 1 aliphatic rings. The van der Waals surface area contributed by atoms with Crippen molar-refractivity contribution in [1.29, 1.82) is 0 Å². The number of methoxy groups -OCH3 is 1. The Balaban J connectivity index is 1.55. The molecule has 0 radical (unpaired) electrons. The van der Waals surface area contributed by atoms with Crippen molar-refractivity contribution in [2.45, 2.75) is 24.8 Å². The number of nitrogens with zero attached hydrogens (tertiary/aromatic N) is 2. The van der Waals surface area contributed by atoms with Crippen LogP contribution >= 0.6 is 23.1 Å². The van der Waals surface area contributed by atoms with Gasteiger partial charge in [0.15, 0.2) is 5.13 Å². The van der Waals surface area contributed by atoms with Crippen LogP contribution in [0.2, 0.25) is 0 Å². The number of aromatic nitrogens is 1. The molecular formula is C17H19N3O3S2. The molecule has 132 valence electrons. The maximum Gasteiger partial charge on any atom is 0.409 e. The standard InChI is InChI=1S/C17H19N3O3S2/c1-11-3-5-12(6-4-11)24-10-15(21)19-16-18-13-7-8-20(17(22)23-2)9-14(13)25-16/h3-6H,7-10H2,1-2H3,(H,18,19,21). The number of hydrogen-bond acceptors (Lipinski definition) is 6. The number of thiazole rings is 1. The third kappa shape index (κ3) is 4.52. The van der Waals surface area contributed by atoms with Crippen LogP contribution in [0.25, 0.3) is 0 Å². The third-order valence-corrected chi connectivity index (χ3v) is 5.81.